The van der Waals surface area contributed by atoms with Crippen molar-refractivity contribution < 1.29 is 24.9 Å². The van der Waals surface area contributed by atoms with Crippen LogP contribution in [0.3, 0.4) is 0 Å². The Hall–Kier alpha value is -5.49. The molecule has 1 atom stereocenters. The van der Waals surface area contributed by atoms with Gasteiger partial charge in [-0.2, -0.15) is 0 Å². The number of piperidine rings is 1. The molecule has 5 aromatic rings. The Bertz CT molecular complexity index is 1940. The lowest BCUT2D eigenvalue weighted by Gasteiger charge is -2.25. The van der Waals surface area contributed by atoms with Crippen LogP contribution in [0.4, 0.5) is 16.2 Å². The Kier molecular flexibility index (Phi) is 13.3. The second-order valence-electron chi connectivity index (χ2n) is 12.5. The number of carbonyl (C=O) groups is 2. The lowest BCUT2D eigenvalue weighted by Crippen LogP contribution is -2.32. The number of para-hydroxylation sites is 1. The zero-order valence-electron chi connectivity index (χ0n) is 28.5. The molecule has 1 aliphatic rings. The van der Waals surface area contributed by atoms with E-state index in [1.807, 2.05) is 66.7 Å². The summed E-state index contributed by atoms with van der Waals surface area (Å²) in [5.41, 5.74) is 5.07. The molecule has 2 amide bonds. The fourth-order valence-electron chi connectivity index (χ4n) is 6.13. The standard InChI is InChI=1S/C27H34N4O4.C13H11NO2/c32-23-10-8-21(22-9-11-25(34)30-27(22)23)24(33)18-28-14-12-19-4-6-20(7-5-19)29-26(35)13-17-31-15-2-1-3-16-31;15-13(16)14-12-9-5-4-8-11(12)10-6-2-1-3-7-10/h4-11,24,28,32-33H,1-3,12-18H2,(H,29,35)(H,30,34);1-9,14H,(H,15,16)/t24-;/m0./s1. The van der Waals surface area contributed by atoms with Crippen molar-refractivity contribution in [2.24, 2.45) is 0 Å². The minimum absolute atomic E-state index is 0.0248. The molecule has 1 aliphatic heterocycles. The number of nitrogens with zero attached hydrogens (tertiary/aromatic N) is 1. The number of H-pyrrole nitrogens is 1. The van der Waals surface area contributed by atoms with Gasteiger partial charge in [-0.3, -0.25) is 14.9 Å². The van der Waals surface area contributed by atoms with Crippen LogP contribution < -0.4 is 21.5 Å². The summed E-state index contributed by atoms with van der Waals surface area (Å²) in [7, 11) is 0. The molecule has 11 heteroatoms. The first kappa shape index (κ1) is 36.8. The maximum Gasteiger partial charge on any atom is 0.409 e. The van der Waals surface area contributed by atoms with Crippen LogP contribution in [0.2, 0.25) is 0 Å². The smallest absolute Gasteiger partial charge is 0.409 e. The molecule has 6 rings (SSSR count). The Balaban J connectivity index is 0.000000262. The number of aliphatic hydroxyl groups is 1. The molecular formula is C40H45N5O6. The summed E-state index contributed by atoms with van der Waals surface area (Å²) in [5, 5.41) is 38.6. The summed E-state index contributed by atoms with van der Waals surface area (Å²) >= 11 is 0. The number of phenolic OH excluding ortho intramolecular Hbond substituents is 1. The van der Waals surface area contributed by atoms with Crippen LogP contribution in [0.25, 0.3) is 22.0 Å². The normalized spacial score (nSPS) is 13.5. The van der Waals surface area contributed by atoms with Gasteiger partial charge < -0.3 is 35.8 Å². The Morgan fingerprint density at radius 2 is 1.55 bits per heavy atom. The first-order valence-electron chi connectivity index (χ1n) is 17.3. The number of hydrogen-bond donors (Lipinski definition) is 7. The number of nitrogens with one attached hydrogen (secondary N) is 4. The van der Waals surface area contributed by atoms with Gasteiger partial charge in [-0.15, -0.1) is 0 Å². The molecule has 51 heavy (non-hydrogen) atoms. The molecule has 0 spiro atoms. The highest BCUT2D eigenvalue weighted by Crippen LogP contribution is 2.29. The van der Waals surface area contributed by atoms with Gasteiger partial charge >= 0.3 is 6.09 Å². The van der Waals surface area contributed by atoms with E-state index in [-0.39, 0.29) is 17.2 Å². The minimum Gasteiger partial charge on any atom is -0.506 e. The molecule has 1 fully saturated rings. The topological polar surface area (TPSA) is 167 Å². The summed E-state index contributed by atoms with van der Waals surface area (Å²) in [6.07, 6.45) is 3.21. The number of pyridine rings is 1. The molecule has 1 aromatic heterocycles. The SMILES string of the molecule is O=C(CCN1CCCCC1)Nc1ccc(CCNC[C@H](O)c2ccc(O)c3[nH]c(=O)ccc23)cc1.O=C(O)Nc1ccccc1-c1ccccc1. The van der Waals surface area contributed by atoms with Crippen molar-refractivity contribution in [2.75, 3.05) is 43.4 Å². The maximum atomic E-state index is 12.2. The lowest BCUT2D eigenvalue weighted by molar-refractivity contribution is -0.116. The molecule has 1 saturated heterocycles. The molecule has 7 N–H and O–H groups in total. The third kappa shape index (κ3) is 11.0. The van der Waals surface area contributed by atoms with Crippen molar-refractivity contribution >= 4 is 34.3 Å². The summed E-state index contributed by atoms with van der Waals surface area (Å²) in [5.74, 6) is 0.0213. The number of hydrogen-bond acceptors (Lipinski definition) is 7. The van der Waals surface area contributed by atoms with E-state index < -0.39 is 12.2 Å². The third-order valence-electron chi connectivity index (χ3n) is 8.79. The Morgan fingerprint density at radius 3 is 2.29 bits per heavy atom. The third-order valence-corrected chi connectivity index (χ3v) is 8.79. The number of amides is 2. The van der Waals surface area contributed by atoms with E-state index in [1.165, 1.54) is 31.4 Å². The summed E-state index contributed by atoms with van der Waals surface area (Å²) in [6, 6.07) is 31.0. The molecule has 0 aliphatic carbocycles. The number of benzene rings is 4. The van der Waals surface area contributed by atoms with Gasteiger partial charge in [0, 0.05) is 42.2 Å². The van der Waals surface area contributed by atoms with Crippen LogP contribution >= 0.6 is 0 Å². The van der Waals surface area contributed by atoms with E-state index in [2.05, 4.69) is 25.8 Å². The van der Waals surface area contributed by atoms with Crippen LogP contribution in [0.1, 0.15) is 42.9 Å². The van der Waals surface area contributed by atoms with E-state index in [9.17, 15) is 24.6 Å². The van der Waals surface area contributed by atoms with Gasteiger partial charge in [-0.05, 0) is 85.9 Å². The number of carbonyl (C=O) groups excluding carboxylic acids is 1. The van der Waals surface area contributed by atoms with Gasteiger partial charge in [0.2, 0.25) is 11.5 Å². The fourth-order valence-corrected chi connectivity index (χ4v) is 6.13. The molecule has 0 unspecified atom stereocenters. The van der Waals surface area contributed by atoms with Gasteiger partial charge in [-0.1, -0.05) is 73.2 Å². The van der Waals surface area contributed by atoms with Crippen LogP contribution in [0.15, 0.2) is 108 Å². The van der Waals surface area contributed by atoms with Gasteiger partial charge in [0.05, 0.1) is 17.3 Å². The second kappa shape index (κ2) is 18.5. The fraction of sp³-hybridized carbons (Fsp3) is 0.275. The summed E-state index contributed by atoms with van der Waals surface area (Å²) in [6.45, 7) is 4.02. The number of carboxylic acid groups (broad SMARTS) is 1. The van der Waals surface area contributed by atoms with Crippen molar-refractivity contribution in [1.29, 1.82) is 0 Å². The number of rotatable bonds is 12. The predicted octanol–water partition coefficient (Wildman–Crippen LogP) is 6.36. The van der Waals surface area contributed by atoms with E-state index in [4.69, 9.17) is 5.11 Å². The van der Waals surface area contributed by atoms with Crippen molar-refractivity contribution in [3.63, 3.8) is 0 Å². The zero-order chi connectivity index (χ0) is 36.0. The monoisotopic (exact) mass is 691 g/mol. The van der Waals surface area contributed by atoms with Crippen molar-refractivity contribution in [1.82, 2.24) is 15.2 Å². The van der Waals surface area contributed by atoms with Crippen LogP contribution in [0.5, 0.6) is 5.75 Å². The number of phenols is 1. The molecule has 0 radical (unpaired) electrons. The van der Waals surface area contributed by atoms with Crippen molar-refractivity contribution in [3.05, 3.63) is 125 Å². The molecule has 11 nitrogen and oxygen atoms in total. The molecule has 0 bridgehead atoms. The van der Waals surface area contributed by atoms with Gasteiger partial charge in [-0.25, -0.2) is 4.79 Å². The average molecular weight is 692 g/mol. The van der Waals surface area contributed by atoms with Crippen LogP contribution in [-0.4, -0.2) is 69.9 Å². The lowest BCUT2D eigenvalue weighted by atomic mass is 10.0. The van der Waals surface area contributed by atoms with Gasteiger partial charge in [0.1, 0.15) is 5.75 Å². The minimum atomic E-state index is -1.05. The maximum absolute atomic E-state index is 12.2. The second-order valence-corrected chi connectivity index (χ2v) is 12.5. The quantitative estimate of drug-likeness (QED) is 0.0743. The van der Waals surface area contributed by atoms with Crippen LogP contribution in [-0.2, 0) is 11.2 Å². The average Bonchev–Trinajstić information content (AvgIpc) is 3.14. The zero-order valence-corrected chi connectivity index (χ0v) is 28.5. The Labute approximate surface area is 297 Å². The van der Waals surface area contributed by atoms with E-state index in [0.29, 0.717) is 41.7 Å². The highest BCUT2D eigenvalue weighted by atomic mass is 16.4. The molecule has 4 aromatic carbocycles. The number of aromatic amines is 1. The Morgan fingerprint density at radius 1 is 0.824 bits per heavy atom. The number of aliphatic hydroxyl groups excluding tert-OH is 1. The number of anilines is 2. The van der Waals surface area contributed by atoms with Crippen LogP contribution in [0, 0.1) is 0 Å². The van der Waals surface area contributed by atoms with Crippen molar-refractivity contribution in [2.45, 2.75) is 38.2 Å². The van der Waals surface area contributed by atoms with Crippen molar-refractivity contribution in [3.8, 4) is 16.9 Å². The number of likely N-dealkylation sites (tertiary alicyclic amines) is 1. The number of aromatic nitrogens is 1. The first-order chi connectivity index (χ1) is 24.8. The highest BCUT2D eigenvalue weighted by molar-refractivity contribution is 5.91. The van der Waals surface area contributed by atoms with Gasteiger partial charge in [0.25, 0.3) is 0 Å². The molecule has 2 heterocycles. The van der Waals surface area contributed by atoms with E-state index in [1.54, 1.807) is 24.3 Å². The molecule has 0 saturated carbocycles. The largest absolute Gasteiger partial charge is 0.506 e. The first-order valence-corrected chi connectivity index (χ1v) is 17.3. The number of fused-ring (bicyclic) bond motifs is 1. The number of aromatic hydroxyl groups is 1. The molecule has 266 valence electrons. The van der Waals surface area contributed by atoms with Gasteiger partial charge in [0.15, 0.2) is 0 Å². The molecular weight excluding hydrogens is 646 g/mol. The van der Waals surface area contributed by atoms with E-state index >= 15 is 0 Å². The summed E-state index contributed by atoms with van der Waals surface area (Å²) < 4.78 is 0. The highest BCUT2D eigenvalue weighted by Gasteiger charge is 2.14. The van der Waals surface area contributed by atoms with E-state index in [0.717, 1.165) is 48.4 Å². The summed E-state index contributed by atoms with van der Waals surface area (Å²) in [4.78, 5) is 39.4. The predicted molar refractivity (Wildman–Crippen MR) is 201 cm³/mol.